The molecule has 1 heterocycles. The van der Waals surface area contributed by atoms with Gasteiger partial charge in [0.2, 0.25) is 10.0 Å². The summed E-state index contributed by atoms with van der Waals surface area (Å²) in [6.07, 6.45) is 2.68. The van der Waals surface area contributed by atoms with E-state index in [-0.39, 0.29) is 5.57 Å². The van der Waals surface area contributed by atoms with Gasteiger partial charge < -0.3 is 10.2 Å². The Balaban J connectivity index is 1.92. The number of hydrogen-bond donors (Lipinski definition) is 1. The summed E-state index contributed by atoms with van der Waals surface area (Å²) >= 11 is 0. The number of carbonyl (C=O) groups excluding carboxylic acids is 1. The minimum atomic E-state index is -3.20. The molecule has 24 heavy (non-hydrogen) atoms. The van der Waals surface area contributed by atoms with E-state index in [1.54, 1.807) is 4.90 Å². The average molecular weight is 348 g/mol. The van der Waals surface area contributed by atoms with Gasteiger partial charge in [-0.05, 0) is 5.56 Å². The summed E-state index contributed by atoms with van der Waals surface area (Å²) in [7, 11) is -3.20. The highest BCUT2D eigenvalue weighted by atomic mass is 32.2. The molecule has 0 bridgehead atoms. The van der Waals surface area contributed by atoms with E-state index < -0.39 is 15.9 Å². The number of benzene rings is 1. The Bertz CT molecular complexity index is 745. The summed E-state index contributed by atoms with van der Waals surface area (Å²) < 4.78 is 24.3. The van der Waals surface area contributed by atoms with Gasteiger partial charge in [-0.2, -0.15) is 9.57 Å². The van der Waals surface area contributed by atoms with E-state index in [2.05, 4.69) is 5.32 Å². The standard InChI is InChI=1S/C16H20N4O3S/c1-24(22,23)20-9-7-19(8-10-20)13-15(11-17)16(21)18-12-14-5-3-2-4-6-14/h2-6,13H,7-10,12H2,1H3,(H,18,21)/b15-13-. The number of carbonyl (C=O) groups is 1. The zero-order valence-corrected chi connectivity index (χ0v) is 14.3. The van der Waals surface area contributed by atoms with Gasteiger partial charge in [-0.1, -0.05) is 30.3 Å². The molecule has 0 aliphatic carbocycles. The second kappa shape index (κ2) is 7.95. The molecule has 1 amide bonds. The molecular weight excluding hydrogens is 328 g/mol. The lowest BCUT2D eigenvalue weighted by Gasteiger charge is -2.32. The van der Waals surface area contributed by atoms with E-state index in [0.29, 0.717) is 32.7 Å². The zero-order chi connectivity index (χ0) is 17.6. The van der Waals surface area contributed by atoms with Crippen LogP contribution in [0.25, 0.3) is 0 Å². The summed E-state index contributed by atoms with van der Waals surface area (Å²) in [4.78, 5) is 13.9. The molecule has 0 radical (unpaired) electrons. The quantitative estimate of drug-likeness (QED) is 0.610. The minimum Gasteiger partial charge on any atom is -0.373 e. The topological polar surface area (TPSA) is 93.5 Å². The first-order chi connectivity index (χ1) is 11.4. The number of sulfonamides is 1. The number of nitrogens with zero attached hydrogens (tertiary/aromatic N) is 3. The van der Waals surface area contributed by atoms with E-state index in [4.69, 9.17) is 0 Å². The second-order valence-electron chi connectivity index (χ2n) is 5.52. The van der Waals surface area contributed by atoms with Gasteiger partial charge in [-0.3, -0.25) is 4.79 Å². The van der Waals surface area contributed by atoms with Crippen molar-refractivity contribution in [3.05, 3.63) is 47.7 Å². The van der Waals surface area contributed by atoms with E-state index in [1.807, 2.05) is 36.4 Å². The van der Waals surface area contributed by atoms with Crippen molar-refractivity contribution in [2.75, 3.05) is 32.4 Å². The molecule has 0 atom stereocenters. The predicted octanol–water partition coefficient (Wildman–Crippen LogP) is 0.287. The SMILES string of the molecule is CS(=O)(=O)N1CCN(/C=C(/C#N)C(=O)NCc2ccccc2)CC1. The van der Waals surface area contributed by atoms with Gasteiger partial charge in [0.1, 0.15) is 11.6 Å². The molecule has 0 spiro atoms. The van der Waals surface area contributed by atoms with Crippen molar-refractivity contribution in [3.8, 4) is 6.07 Å². The number of rotatable bonds is 5. The normalized spacial score (nSPS) is 16.5. The Morgan fingerprint density at radius 1 is 1.25 bits per heavy atom. The molecule has 8 heteroatoms. The lowest BCUT2D eigenvalue weighted by atomic mass is 10.2. The third kappa shape index (κ3) is 5.08. The second-order valence-corrected chi connectivity index (χ2v) is 7.50. The molecule has 1 fully saturated rings. The fraction of sp³-hybridized carbons (Fsp3) is 0.375. The molecule has 0 saturated carbocycles. The van der Waals surface area contributed by atoms with Crippen LogP contribution in [0.1, 0.15) is 5.56 Å². The maximum atomic E-state index is 12.1. The predicted molar refractivity (Wildman–Crippen MR) is 90.0 cm³/mol. The summed E-state index contributed by atoms with van der Waals surface area (Å²) in [5.74, 6) is -0.438. The smallest absolute Gasteiger partial charge is 0.263 e. The first-order valence-electron chi connectivity index (χ1n) is 7.53. The van der Waals surface area contributed by atoms with Crippen LogP contribution in [0.15, 0.2) is 42.1 Å². The monoisotopic (exact) mass is 348 g/mol. The molecule has 7 nitrogen and oxygen atoms in total. The molecule has 1 saturated heterocycles. The molecular formula is C16H20N4O3S. The van der Waals surface area contributed by atoms with Crippen molar-refractivity contribution in [1.29, 1.82) is 5.26 Å². The third-order valence-corrected chi connectivity index (χ3v) is 5.02. The number of hydrogen-bond acceptors (Lipinski definition) is 5. The van der Waals surface area contributed by atoms with Crippen LogP contribution >= 0.6 is 0 Å². The summed E-state index contributed by atoms with van der Waals surface area (Å²) in [5.41, 5.74) is 0.962. The van der Waals surface area contributed by atoms with Gasteiger partial charge >= 0.3 is 0 Å². The molecule has 1 aliphatic heterocycles. The Hall–Kier alpha value is -2.37. The van der Waals surface area contributed by atoms with Gasteiger partial charge in [-0.25, -0.2) is 8.42 Å². The largest absolute Gasteiger partial charge is 0.373 e. The van der Waals surface area contributed by atoms with Crippen molar-refractivity contribution in [2.45, 2.75) is 6.54 Å². The maximum absolute atomic E-state index is 12.1. The number of nitriles is 1. The van der Waals surface area contributed by atoms with Gasteiger partial charge in [0.15, 0.2) is 0 Å². The van der Waals surface area contributed by atoms with Crippen LogP contribution in [-0.2, 0) is 21.4 Å². The Morgan fingerprint density at radius 3 is 2.42 bits per heavy atom. The van der Waals surface area contributed by atoms with E-state index in [0.717, 1.165) is 5.56 Å². The molecule has 0 aromatic heterocycles. The number of nitrogens with one attached hydrogen (secondary N) is 1. The molecule has 1 N–H and O–H groups in total. The van der Waals surface area contributed by atoms with E-state index >= 15 is 0 Å². The van der Waals surface area contributed by atoms with Crippen molar-refractivity contribution in [2.24, 2.45) is 0 Å². The van der Waals surface area contributed by atoms with Gasteiger partial charge in [0.25, 0.3) is 5.91 Å². The molecule has 128 valence electrons. The number of piperazine rings is 1. The van der Waals surface area contributed by atoms with Crippen LogP contribution in [0.4, 0.5) is 0 Å². The van der Waals surface area contributed by atoms with Crippen molar-refractivity contribution < 1.29 is 13.2 Å². The molecule has 1 aliphatic rings. The molecule has 2 rings (SSSR count). The Kier molecular flexibility index (Phi) is 5.95. The molecule has 0 unspecified atom stereocenters. The third-order valence-electron chi connectivity index (χ3n) is 3.71. The Morgan fingerprint density at radius 2 is 1.88 bits per heavy atom. The first-order valence-corrected chi connectivity index (χ1v) is 9.38. The lowest BCUT2D eigenvalue weighted by Crippen LogP contribution is -2.46. The van der Waals surface area contributed by atoms with Crippen LogP contribution in [0, 0.1) is 11.3 Å². The zero-order valence-electron chi connectivity index (χ0n) is 13.5. The van der Waals surface area contributed by atoms with E-state index in [1.165, 1.54) is 16.8 Å². The fourth-order valence-electron chi connectivity index (χ4n) is 2.36. The molecule has 1 aromatic carbocycles. The average Bonchev–Trinajstić information content (AvgIpc) is 2.58. The van der Waals surface area contributed by atoms with Gasteiger partial charge in [0, 0.05) is 38.9 Å². The minimum absolute atomic E-state index is 0.0127. The summed E-state index contributed by atoms with van der Waals surface area (Å²) in [6, 6.07) is 11.3. The van der Waals surface area contributed by atoms with Gasteiger partial charge in [0.05, 0.1) is 6.26 Å². The Labute approximate surface area is 142 Å². The highest BCUT2D eigenvalue weighted by Crippen LogP contribution is 2.08. The first kappa shape index (κ1) is 18.0. The maximum Gasteiger partial charge on any atom is 0.263 e. The fourth-order valence-corrected chi connectivity index (χ4v) is 3.19. The van der Waals surface area contributed by atoms with Crippen LogP contribution in [0.2, 0.25) is 0 Å². The van der Waals surface area contributed by atoms with Crippen LogP contribution in [0.3, 0.4) is 0 Å². The highest BCUT2D eigenvalue weighted by Gasteiger charge is 2.22. The van der Waals surface area contributed by atoms with Crippen LogP contribution < -0.4 is 5.32 Å². The van der Waals surface area contributed by atoms with Crippen molar-refractivity contribution in [3.63, 3.8) is 0 Å². The summed E-state index contributed by atoms with van der Waals surface area (Å²) in [5, 5.41) is 11.9. The highest BCUT2D eigenvalue weighted by molar-refractivity contribution is 7.88. The van der Waals surface area contributed by atoms with Crippen LogP contribution in [-0.4, -0.2) is 56.0 Å². The summed E-state index contributed by atoms with van der Waals surface area (Å²) in [6.45, 7) is 1.94. The van der Waals surface area contributed by atoms with Crippen molar-refractivity contribution in [1.82, 2.24) is 14.5 Å². The van der Waals surface area contributed by atoms with E-state index in [9.17, 15) is 18.5 Å². The van der Waals surface area contributed by atoms with Crippen molar-refractivity contribution >= 4 is 15.9 Å². The lowest BCUT2D eigenvalue weighted by molar-refractivity contribution is -0.117. The number of amides is 1. The van der Waals surface area contributed by atoms with Gasteiger partial charge in [-0.15, -0.1) is 0 Å². The molecule has 1 aromatic rings. The van der Waals surface area contributed by atoms with Crippen LogP contribution in [0.5, 0.6) is 0 Å².